The Morgan fingerprint density at radius 2 is 2.06 bits per heavy atom. The van der Waals surface area contributed by atoms with Crippen LogP contribution in [0.15, 0.2) is 24.3 Å². The van der Waals surface area contributed by atoms with Crippen molar-refractivity contribution < 1.29 is 9.53 Å². The fraction of sp³-hybridized carbons (Fsp3) is 0.500. The number of carbonyl (C=O) groups is 1. The molecule has 0 atom stereocenters. The minimum absolute atomic E-state index is 0.0663. The molecule has 1 aromatic carbocycles. The van der Waals surface area contributed by atoms with Crippen LogP contribution in [-0.4, -0.2) is 19.1 Å². The number of nitrogens with two attached hydrogens (primary N) is 1. The number of benzene rings is 1. The van der Waals surface area contributed by atoms with Crippen LogP contribution in [-0.2, 0) is 9.53 Å². The summed E-state index contributed by atoms with van der Waals surface area (Å²) in [5.74, 6) is -0.0663. The maximum atomic E-state index is 11.6. The smallest absolute Gasteiger partial charge is 0.226 e. The fourth-order valence-electron chi connectivity index (χ4n) is 1.54. The average Bonchev–Trinajstić information content (AvgIpc) is 2.36. The van der Waals surface area contributed by atoms with Gasteiger partial charge in [-0.1, -0.05) is 31.9 Å². The number of hydrogen-bond donors (Lipinski definition) is 2. The lowest BCUT2D eigenvalue weighted by Crippen LogP contribution is -2.15. The van der Waals surface area contributed by atoms with Crippen molar-refractivity contribution in [3.63, 3.8) is 0 Å². The van der Waals surface area contributed by atoms with E-state index in [0.717, 1.165) is 13.0 Å². The standard InChI is InChI=1S/C14H22N2O2/c1-2-3-6-10-18-11-9-14(17)16-13-8-5-4-7-12(13)15/h4-5,7-8H,2-3,6,9-11,15H2,1H3,(H,16,17). The van der Waals surface area contributed by atoms with Crippen LogP contribution >= 0.6 is 0 Å². The third kappa shape index (κ3) is 5.68. The van der Waals surface area contributed by atoms with Crippen LogP contribution in [0.25, 0.3) is 0 Å². The van der Waals surface area contributed by atoms with Crippen molar-refractivity contribution >= 4 is 17.3 Å². The number of anilines is 2. The molecule has 1 amide bonds. The zero-order valence-corrected chi connectivity index (χ0v) is 10.9. The number of ether oxygens (including phenoxy) is 1. The number of unbranched alkanes of at least 4 members (excludes halogenated alkanes) is 2. The first-order valence-corrected chi connectivity index (χ1v) is 6.46. The van der Waals surface area contributed by atoms with Gasteiger partial charge in [0.15, 0.2) is 0 Å². The third-order valence-electron chi connectivity index (χ3n) is 2.60. The molecule has 4 heteroatoms. The number of rotatable bonds is 8. The summed E-state index contributed by atoms with van der Waals surface area (Å²) in [6.45, 7) is 3.34. The van der Waals surface area contributed by atoms with Crippen LogP contribution in [0.4, 0.5) is 11.4 Å². The zero-order valence-electron chi connectivity index (χ0n) is 10.9. The van der Waals surface area contributed by atoms with Crippen molar-refractivity contribution in [3.05, 3.63) is 24.3 Å². The summed E-state index contributed by atoms with van der Waals surface area (Å²) in [6.07, 6.45) is 3.77. The van der Waals surface area contributed by atoms with E-state index in [1.807, 2.05) is 12.1 Å². The predicted octanol–water partition coefficient (Wildman–Crippen LogP) is 2.80. The van der Waals surface area contributed by atoms with Gasteiger partial charge in [-0.05, 0) is 18.6 Å². The maximum Gasteiger partial charge on any atom is 0.226 e. The molecule has 4 nitrogen and oxygen atoms in total. The molecule has 0 aliphatic carbocycles. The summed E-state index contributed by atoms with van der Waals surface area (Å²) >= 11 is 0. The molecule has 0 fully saturated rings. The molecule has 18 heavy (non-hydrogen) atoms. The van der Waals surface area contributed by atoms with Crippen LogP contribution in [0.3, 0.4) is 0 Å². The molecule has 0 bridgehead atoms. The molecule has 3 N–H and O–H groups in total. The predicted molar refractivity (Wildman–Crippen MR) is 74.4 cm³/mol. The van der Waals surface area contributed by atoms with Gasteiger partial charge in [-0.3, -0.25) is 4.79 Å². The molecule has 0 saturated carbocycles. The van der Waals surface area contributed by atoms with Crippen LogP contribution < -0.4 is 11.1 Å². The first-order chi connectivity index (χ1) is 8.74. The largest absolute Gasteiger partial charge is 0.397 e. The Bertz CT molecular complexity index is 367. The normalized spacial score (nSPS) is 10.3. The highest BCUT2D eigenvalue weighted by Crippen LogP contribution is 2.16. The van der Waals surface area contributed by atoms with Crippen molar-refractivity contribution in [2.45, 2.75) is 32.6 Å². The van der Waals surface area contributed by atoms with Crippen LogP contribution in [0.5, 0.6) is 0 Å². The van der Waals surface area contributed by atoms with E-state index in [1.54, 1.807) is 12.1 Å². The Kier molecular flexibility index (Phi) is 6.87. The summed E-state index contributed by atoms with van der Waals surface area (Å²) in [6, 6.07) is 7.22. The lowest BCUT2D eigenvalue weighted by Gasteiger charge is -2.08. The lowest BCUT2D eigenvalue weighted by molar-refractivity contribution is -0.117. The number of hydrogen-bond acceptors (Lipinski definition) is 3. The molecule has 100 valence electrons. The minimum Gasteiger partial charge on any atom is -0.397 e. The van der Waals surface area contributed by atoms with Gasteiger partial charge in [0.05, 0.1) is 24.4 Å². The van der Waals surface area contributed by atoms with Gasteiger partial charge in [0.2, 0.25) is 5.91 Å². The van der Waals surface area contributed by atoms with Crippen molar-refractivity contribution in [2.24, 2.45) is 0 Å². The highest BCUT2D eigenvalue weighted by atomic mass is 16.5. The van der Waals surface area contributed by atoms with E-state index in [1.165, 1.54) is 12.8 Å². The molecule has 0 unspecified atom stereocenters. The molecule has 0 radical (unpaired) electrons. The van der Waals surface area contributed by atoms with Gasteiger partial charge in [0.25, 0.3) is 0 Å². The topological polar surface area (TPSA) is 64.3 Å². The zero-order chi connectivity index (χ0) is 13.2. The summed E-state index contributed by atoms with van der Waals surface area (Å²) in [7, 11) is 0. The summed E-state index contributed by atoms with van der Waals surface area (Å²) in [5, 5.41) is 2.77. The molecule has 0 spiro atoms. The van der Waals surface area contributed by atoms with Gasteiger partial charge in [-0.25, -0.2) is 0 Å². The van der Waals surface area contributed by atoms with E-state index in [-0.39, 0.29) is 5.91 Å². The van der Waals surface area contributed by atoms with Gasteiger partial charge in [0.1, 0.15) is 0 Å². The average molecular weight is 250 g/mol. The Morgan fingerprint density at radius 1 is 1.28 bits per heavy atom. The molecule has 1 aromatic rings. The van der Waals surface area contributed by atoms with Gasteiger partial charge in [-0.2, -0.15) is 0 Å². The Hall–Kier alpha value is -1.55. The Morgan fingerprint density at radius 3 is 2.78 bits per heavy atom. The van der Waals surface area contributed by atoms with Crippen LogP contribution in [0, 0.1) is 0 Å². The second-order valence-electron chi connectivity index (χ2n) is 4.20. The number of para-hydroxylation sites is 2. The number of nitrogen functional groups attached to an aromatic ring is 1. The SMILES string of the molecule is CCCCCOCCC(=O)Nc1ccccc1N. The van der Waals surface area contributed by atoms with Crippen molar-refractivity contribution in [2.75, 3.05) is 24.3 Å². The quantitative estimate of drug-likeness (QED) is 0.551. The maximum absolute atomic E-state index is 11.6. The third-order valence-corrected chi connectivity index (χ3v) is 2.60. The van der Waals surface area contributed by atoms with Crippen LogP contribution in [0.1, 0.15) is 32.6 Å². The summed E-state index contributed by atoms with van der Waals surface area (Å²) in [4.78, 5) is 11.6. The number of amides is 1. The molecule has 0 aliphatic rings. The Labute approximate surface area is 109 Å². The van der Waals surface area contributed by atoms with Crippen molar-refractivity contribution in [3.8, 4) is 0 Å². The lowest BCUT2D eigenvalue weighted by atomic mass is 10.2. The molecule has 0 saturated heterocycles. The monoisotopic (exact) mass is 250 g/mol. The van der Waals surface area contributed by atoms with E-state index in [2.05, 4.69) is 12.2 Å². The van der Waals surface area contributed by atoms with Gasteiger partial charge in [-0.15, -0.1) is 0 Å². The second kappa shape index (κ2) is 8.53. The van der Waals surface area contributed by atoms with E-state index in [9.17, 15) is 4.79 Å². The van der Waals surface area contributed by atoms with Crippen molar-refractivity contribution in [1.29, 1.82) is 0 Å². The van der Waals surface area contributed by atoms with Gasteiger partial charge in [0, 0.05) is 6.61 Å². The first kappa shape index (κ1) is 14.5. The second-order valence-corrected chi connectivity index (χ2v) is 4.20. The van der Waals surface area contributed by atoms with E-state index in [0.29, 0.717) is 24.4 Å². The fourth-order valence-corrected chi connectivity index (χ4v) is 1.54. The molecular formula is C14H22N2O2. The first-order valence-electron chi connectivity index (χ1n) is 6.46. The van der Waals surface area contributed by atoms with E-state index >= 15 is 0 Å². The molecular weight excluding hydrogens is 228 g/mol. The minimum atomic E-state index is -0.0663. The molecule has 1 rings (SSSR count). The summed E-state index contributed by atoms with van der Waals surface area (Å²) < 4.78 is 5.38. The highest BCUT2D eigenvalue weighted by Gasteiger charge is 2.04. The number of nitrogens with one attached hydrogen (secondary N) is 1. The van der Waals surface area contributed by atoms with Crippen molar-refractivity contribution in [1.82, 2.24) is 0 Å². The summed E-state index contributed by atoms with van der Waals surface area (Å²) in [5.41, 5.74) is 6.97. The highest BCUT2D eigenvalue weighted by molar-refractivity contribution is 5.93. The van der Waals surface area contributed by atoms with E-state index < -0.39 is 0 Å². The molecule has 0 aliphatic heterocycles. The molecule has 0 aromatic heterocycles. The molecule has 0 heterocycles. The van der Waals surface area contributed by atoms with Crippen LogP contribution in [0.2, 0.25) is 0 Å². The van der Waals surface area contributed by atoms with Gasteiger partial charge >= 0.3 is 0 Å². The van der Waals surface area contributed by atoms with E-state index in [4.69, 9.17) is 10.5 Å². The Balaban J connectivity index is 2.16. The number of carbonyl (C=O) groups excluding carboxylic acids is 1. The van der Waals surface area contributed by atoms with Gasteiger partial charge < -0.3 is 15.8 Å².